The molecule has 0 unspecified atom stereocenters. The minimum Gasteiger partial charge on any atom is -0.378 e. The van der Waals surface area contributed by atoms with Gasteiger partial charge >= 0.3 is 0 Å². The predicted octanol–water partition coefficient (Wildman–Crippen LogP) is 1.54. The highest BCUT2D eigenvalue weighted by Gasteiger charge is 2.21. The molecule has 1 heterocycles. The third kappa shape index (κ3) is 4.28. The average Bonchev–Trinajstić information content (AvgIpc) is 2.62. The van der Waals surface area contributed by atoms with Crippen molar-refractivity contribution in [2.24, 2.45) is 0 Å². The first-order chi connectivity index (χ1) is 7.43. The SMILES string of the molecule is COC(C)(C)Cc1nc(CNC(C)C)no1. The van der Waals surface area contributed by atoms with Crippen molar-refractivity contribution in [3.05, 3.63) is 11.7 Å². The summed E-state index contributed by atoms with van der Waals surface area (Å²) in [5, 5.41) is 7.14. The molecule has 0 spiro atoms. The normalized spacial score (nSPS) is 12.4. The molecule has 1 N–H and O–H groups in total. The third-order valence-corrected chi connectivity index (χ3v) is 2.31. The molecule has 5 heteroatoms. The number of aromatic nitrogens is 2. The van der Waals surface area contributed by atoms with Crippen LogP contribution in [0.3, 0.4) is 0 Å². The van der Waals surface area contributed by atoms with Gasteiger partial charge in [-0.05, 0) is 13.8 Å². The molecule has 0 atom stereocenters. The van der Waals surface area contributed by atoms with E-state index in [-0.39, 0.29) is 5.60 Å². The minimum atomic E-state index is -0.269. The molecule has 92 valence electrons. The molecule has 0 saturated carbocycles. The molecule has 0 fully saturated rings. The van der Waals surface area contributed by atoms with Gasteiger partial charge in [0.1, 0.15) is 0 Å². The molecule has 0 radical (unpaired) electrons. The Bertz CT molecular complexity index is 321. The Hall–Kier alpha value is -0.940. The molecule has 1 aromatic rings. The van der Waals surface area contributed by atoms with E-state index < -0.39 is 0 Å². The van der Waals surface area contributed by atoms with Crippen molar-refractivity contribution in [2.45, 2.75) is 52.3 Å². The van der Waals surface area contributed by atoms with Crippen LogP contribution in [-0.4, -0.2) is 28.9 Å². The number of hydrogen-bond acceptors (Lipinski definition) is 5. The first kappa shape index (κ1) is 13.1. The second-order valence-electron chi connectivity index (χ2n) is 4.78. The maximum absolute atomic E-state index is 5.31. The minimum absolute atomic E-state index is 0.269. The molecule has 0 saturated heterocycles. The molecular weight excluding hydrogens is 206 g/mol. The lowest BCUT2D eigenvalue weighted by atomic mass is 10.1. The van der Waals surface area contributed by atoms with E-state index in [4.69, 9.17) is 9.26 Å². The van der Waals surface area contributed by atoms with Gasteiger partial charge in [-0.15, -0.1) is 0 Å². The summed E-state index contributed by atoms with van der Waals surface area (Å²) in [4.78, 5) is 4.30. The zero-order valence-corrected chi connectivity index (χ0v) is 10.7. The molecule has 0 aliphatic carbocycles. The number of methoxy groups -OCH3 is 1. The van der Waals surface area contributed by atoms with Crippen LogP contribution in [0.4, 0.5) is 0 Å². The average molecular weight is 227 g/mol. The molecular formula is C11H21N3O2. The van der Waals surface area contributed by atoms with Gasteiger partial charge in [0.05, 0.1) is 18.6 Å². The van der Waals surface area contributed by atoms with Crippen LogP contribution in [0.2, 0.25) is 0 Å². The smallest absolute Gasteiger partial charge is 0.229 e. The van der Waals surface area contributed by atoms with Gasteiger partial charge in [-0.1, -0.05) is 19.0 Å². The standard InChI is InChI=1S/C11H21N3O2/c1-8(2)12-7-9-13-10(16-14-9)6-11(3,4)15-5/h8,12H,6-7H2,1-5H3. The van der Waals surface area contributed by atoms with Gasteiger partial charge in [-0.25, -0.2) is 0 Å². The Morgan fingerprint density at radius 2 is 2.12 bits per heavy atom. The molecule has 0 amide bonds. The van der Waals surface area contributed by atoms with Crippen LogP contribution in [0.5, 0.6) is 0 Å². The lowest BCUT2D eigenvalue weighted by Crippen LogP contribution is -2.25. The molecule has 0 aliphatic rings. The van der Waals surface area contributed by atoms with Gasteiger partial charge in [0, 0.05) is 13.2 Å². The number of hydrogen-bond donors (Lipinski definition) is 1. The zero-order chi connectivity index (χ0) is 12.2. The Labute approximate surface area is 96.6 Å². The van der Waals surface area contributed by atoms with Gasteiger partial charge in [0.15, 0.2) is 5.82 Å². The van der Waals surface area contributed by atoms with Crippen molar-refractivity contribution in [3.8, 4) is 0 Å². The van der Waals surface area contributed by atoms with Gasteiger partial charge in [-0.3, -0.25) is 0 Å². The number of ether oxygens (including phenoxy) is 1. The van der Waals surface area contributed by atoms with Crippen molar-refractivity contribution in [2.75, 3.05) is 7.11 Å². The highest BCUT2D eigenvalue weighted by Crippen LogP contribution is 2.14. The van der Waals surface area contributed by atoms with Gasteiger partial charge in [-0.2, -0.15) is 4.98 Å². The zero-order valence-electron chi connectivity index (χ0n) is 10.7. The molecule has 5 nitrogen and oxygen atoms in total. The van der Waals surface area contributed by atoms with E-state index in [1.807, 2.05) is 13.8 Å². The van der Waals surface area contributed by atoms with Gasteiger partial charge in [0.25, 0.3) is 0 Å². The van der Waals surface area contributed by atoms with Crippen LogP contribution in [0.25, 0.3) is 0 Å². The molecule has 1 rings (SSSR count). The number of rotatable bonds is 6. The summed E-state index contributed by atoms with van der Waals surface area (Å²) in [7, 11) is 1.68. The molecule has 1 aromatic heterocycles. The van der Waals surface area contributed by atoms with Crippen molar-refractivity contribution in [1.29, 1.82) is 0 Å². The van der Waals surface area contributed by atoms with E-state index in [0.29, 0.717) is 30.7 Å². The Morgan fingerprint density at radius 3 is 2.69 bits per heavy atom. The molecule has 0 bridgehead atoms. The quantitative estimate of drug-likeness (QED) is 0.798. The summed E-state index contributed by atoms with van der Waals surface area (Å²) in [6.07, 6.45) is 0.623. The summed E-state index contributed by atoms with van der Waals surface area (Å²) in [5.74, 6) is 1.31. The summed E-state index contributed by atoms with van der Waals surface area (Å²) in [6, 6.07) is 0.414. The van der Waals surface area contributed by atoms with Crippen LogP contribution in [0.1, 0.15) is 39.4 Å². The topological polar surface area (TPSA) is 60.2 Å². The van der Waals surface area contributed by atoms with Gasteiger partial charge in [0.2, 0.25) is 5.89 Å². The fraction of sp³-hybridized carbons (Fsp3) is 0.818. The Morgan fingerprint density at radius 1 is 1.44 bits per heavy atom. The van der Waals surface area contributed by atoms with E-state index in [1.165, 1.54) is 0 Å². The molecule has 16 heavy (non-hydrogen) atoms. The maximum Gasteiger partial charge on any atom is 0.229 e. The number of nitrogens with one attached hydrogen (secondary N) is 1. The fourth-order valence-corrected chi connectivity index (χ4v) is 1.17. The van der Waals surface area contributed by atoms with Crippen LogP contribution in [0.15, 0.2) is 4.52 Å². The van der Waals surface area contributed by atoms with Crippen LogP contribution >= 0.6 is 0 Å². The van der Waals surface area contributed by atoms with Gasteiger partial charge < -0.3 is 14.6 Å². The summed E-state index contributed by atoms with van der Waals surface area (Å²) < 4.78 is 10.5. The van der Waals surface area contributed by atoms with E-state index in [2.05, 4.69) is 29.3 Å². The second kappa shape index (κ2) is 5.41. The van der Waals surface area contributed by atoms with Crippen LogP contribution in [-0.2, 0) is 17.7 Å². The second-order valence-corrected chi connectivity index (χ2v) is 4.78. The largest absolute Gasteiger partial charge is 0.378 e. The lowest BCUT2D eigenvalue weighted by Gasteiger charge is -2.19. The van der Waals surface area contributed by atoms with E-state index in [0.717, 1.165) is 0 Å². The number of nitrogens with zero attached hydrogens (tertiary/aromatic N) is 2. The van der Waals surface area contributed by atoms with E-state index in [1.54, 1.807) is 7.11 Å². The first-order valence-electron chi connectivity index (χ1n) is 5.53. The highest BCUT2D eigenvalue weighted by molar-refractivity contribution is 4.91. The monoisotopic (exact) mass is 227 g/mol. The Balaban J connectivity index is 2.51. The molecule has 0 aliphatic heterocycles. The van der Waals surface area contributed by atoms with E-state index in [9.17, 15) is 0 Å². The van der Waals surface area contributed by atoms with Crippen molar-refractivity contribution >= 4 is 0 Å². The maximum atomic E-state index is 5.31. The third-order valence-electron chi connectivity index (χ3n) is 2.31. The van der Waals surface area contributed by atoms with Crippen molar-refractivity contribution < 1.29 is 9.26 Å². The first-order valence-corrected chi connectivity index (χ1v) is 5.53. The highest BCUT2D eigenvalue weighted by atomic mass is 16.5. The van der Waals surface area contributed by atoms with Crippen molar-refractivity contribution in [1.82, 2.24) is 15.5 Å². The van der Waals surface area contributed by atoms with E-state index >= 15 is 0 Å². The molecule has 0 aromatic carbocycles. The van der Waals surface area contributed by atoms with Crippen LogP contribution < -0.4 is 5.32 Å². The summed E-state index contributed by atoms with van der Waals surface area (Å²) in [5.41, 5.74) is -0.269. The summed E-state index contributed by atoms with van der Waals surface area (Å²) in [6.45, 7) is 8.77. The van der Waals surface area contributed by atoms with Crippen LogP contribution in [0, 0.1) is 0 Å². The van der Waals surface area contributed by atoms with Crippen molar-refractivity contribution in [3.63, 3.8) is 0 Å². The predicted molar refractivity (Wildman–Crippen MR) is 61.1 cm³/mol. The Kier molecular flexibility index (Phi) is 4.44. The lowest BCUT2D eigenvalue weighted by molar-refractivity contribution is 0.0170. The summed E-state index contributed by atoms with van der Waals surface area (Å²) >= 11 is 0. The fourth-order valence-electron chi connectivity index (χ4n) is 1.17.